The molecule has 0 saturated carbocycles. The summed E-state index contributed by atoms with van der Waals surface area (Å²) in [6, 6.07) is 3.25. The van der Waals surface area contributed by atoms with Crippen LogP contribution in [0.2, 0.25) is 0 Å². The average molecular weight is 491 g/mol. The van der Waals surface area contributed by atoms with Gasteiger partial charge in [0, 0.05) is 12.2 Å². The summed E-state index contributed by atoms with van der Waals surface area (Å²) in [5.74, 6) is -4.29. The number of carbonyl (C=O) groups excluding carboxylic acids is 5. The smallest absolute Gasteiger partial charge is 0.338 e. The van der Waals surface area contributed by atoms with Gasteiger partial charge in [-0.25, -0.2) is 9.59 Å². The number of carbonyl (C=O) groups is 5. The molecule has 3 atom stereocenters. The molecule has 2 rings (SSSR count). The third kappa shape index (κ3) is 7.03. The molecule has 1 fully saturated rings. The van der Waals surface area contributed by atoms with E-state index >= 15 is 0 Å². The van der Waals surface area contributed by atoms with Gasteiger partial charge >= 0.3 is 17.9 Å². The van der Waals surface area contributed by atoms with E-state index in [0.717, 1.165) is 0 Å². The van der Waals surface area contributed by atoms with Crippen LogP contribution in [0.25, 0.3) is 0 Å². The first kappa shape index (κ1) is 26.8. The van der Waals surface area contributed by atoms with Crippen LogP contribution in [0.4, 0.5) is 5.69 Å². The molecule has 0 spiro atoms. The highest BCUT2D eigenvalue weighted by atomic mass is 32.1. The van der Waals surface area contributed by atoms with Crippen LogP contribution in [-0.2, 0) is 28.6 Å². The Morgan fingerprint density at radius 1 is 1.09 bits per heavy atom. The van der Waals surface area contributed by atoms with Crippen molar-refractivity contribution in [2.45, 2.75) is 12.5 Å². The molecule has 10 nitrogen and oxygen atoms in total. The van der Waals surface area contributed by atoms with Crippen LogP contribution in [-0.4, -0.2) is 61.8 Å². The lowest BCUT2D eigenvalue weighted by molar-refractivity contribution is -0.151. The number of hydrogen-bond donors (Lipinski definition) is 3. The first-order chi connectivity index (χ1) is 16.2. The fourth-order valence-electron chi connectivity index (χ4n) is 3.44. The third-order valence-electron chi connectivity index (χ3n) is 5.01. The molecule has 1 heterocycles. The van der Waals surface area contributed by atoms with E-state index in [1.165, 1.54) is 37.5 Å². The van der Waals surface area contributed by atoms with E-state index in [1.54, 1.807) is 0 Å². The predicted molar refractivity (Wildman–Crippen MR) is 125 cm³/mol. The van der Waals surface area contributed by atoms with Crippen molar-refractivity contribution in [3.05, 3.63) is 54.6 Å². The molecule has 2 N–H and O–H groups in total. The number of benzene rings is 1. The number of hydrogen-bond acceptors (Lipinski definition) is 9. The number of thiol groups is 1. The summed E-state index contributed by atoms with van der Waals surface area (Å²) in [5, 5.41) is 4.95. The van der Waals surface area contributed by atoms with E-state index in [9.17, 15) is 24.0 Å². The second kappa shape index (κ2) is 12.7. The Balaban J connectivity index is 2.16. The van der Waals surface area contributed by atoms with Gasteiger partial charge in [0.1, 0.15) is 19.1 Å². The monoisotopic (exact) mass is 490 g/mol. The van der Waals surface area contributed by atoms with Gasteiger partial charge in [-0.1, -0.05) is 25.3 Å². The van der Waals surface area contributed by atoms with E-state index in [1.807, 2.05) is 0 Å². The maximum atomic E-state index is 12.8. The van der Waals surface area contributed by atoms with E-state index in [4.69, 9.17) is 14.2 Å². The van der Waals surface area contributed by atoms with Crippen molar-refractivity contribution < 1.29 is 38.2 Å². The molecule has 1 aliphatic heterocycles. The van der Waals surface area contributed by atoms with Crippen LogP contribution in [0.5, 0.6) is 0 Å². The zero-order valence-corrected chi connectivity index (χ0v) is 19.5. The zero-order chi connectivity index (χ0) is 25.3. The van der Waals surface area contributed by atoms with Gasteiger partial charge in [0.05, 0.1) is 24.3 Å². The van der Waals surface area contributed by atoms with Gasteiger partial charge < -0.3 is 24.8 Å². The Hall–Kier alpha value is -3.44. The Bertz CT molecular complexity index is 993. The fourth-order valence-corrected chi connectivity index (χ4v) is 3.76. The zero-order valence-electron chi connectivity index (χ0n) is 18.6. The van der Waals surface area contributed by atoms with Crippen molar-refractivity contribution in [1.82, 2.24) is 5.32 Å². The summed E-state index contributed by atoms with van der Waals surface area (Å²) in [7, 11) is 1.19. The summed E-state index contributed by atoms with van der Waals surface area (Å²) in [6.07, 6.45) is 2.94. The van der Waals surface area contributed by atoms with Crippen molar-refractivity contribution in [3.63, 3.8) is 0 Å². The van der Waals surface area contributed by atoms with Gasteiger partial charge in [-0.05, 0) is 30.5 Å². The van der Waals surface area contributed by atoms with Gasteiger partial charge in [0.25, 0.3) is 0 Å². The molecule has 0 radical (unpaired) electrons. The fraction of sp³-hybridized carbons (Fsp3) is 0.348. The summed E-state index contributed by atoms with van der Waals surface area (Å²) < 4.78 is 14.7. The van der Waals surface area contributed by atoms with Crippen LogP contribution in [0.3, 0.4) is 0 Å². The Kier molecular flexibility index (Phi) is 10.0. The lowest BCUT2D eigenvalue weighted by Gasteiger charge is -2.18. The van der Waals surface area contributed by atoms with Crippen molar-refractivity contribution in [2.75, 3.05) is 32.2 Å². The minimum atomic E-state index is -1.14. The Morgan fingerprint density at radius 2 is 1.71 bits per heavy atom. The van der Waals surface area contributed by atoms with E-state index in [-0.39, 0.29) is 43.0 Å². The van der Waals surface area contributed by atoms with Gasteiger partial charge in [0.15, 0.2) is 5.12 Å². The minimum Gasteiger partial charge on any atom is -0.465 e. The molecule has 1 aliphatic rings. The molecule has 1 aromatic carbocycles. The lowest BCUT2D eigenvalue weighted by atomic mass is 9.90. The quantitative estimate of drug-likeness (QED) is 0.139. The van der Waals surface area contributed by atoms with Crippen LogP contribution >= 0.6 is 12.6 Å². The second-order valence-corrected chi connectivity index (χ2v) is 7.80. The van der Waals surface area contributed by atoms with E-state index < -0.39 is 46.8 Å². The van der Waals surface area contributed by atoms with Crippen LogP contribution in [0.1, 0.15) is 27.1 Å². The minimum absolute atomic E-state index is 0.0306. The van der Waals surface area contributed by atoms with E-state index in [2.05, 4.69) is 36.4 Å². The average Bonchev–Trinajstić information content (AvgIpc) is 3.29. The highest BCUT2D eigenvalue weighted by Crippen LogP contribution is 2.27. The van der Waals surface area contributed by atoms with Crippen molar-refractivity contribution in [2.24, 2.45) is 11.8 Å². The molecule has 1 unspecified atom stereocenters. The third-order valence-corrected chi connectivity index (χ3v) is 5.28. The normalized spacial score (nSPS) is 17.7. The molecule has 1 saturated heterocycles. The van der Waals surface area contributed by atoms with Crippen LogP contribution in [0.15, 0.2) is 43.5 Å². The maximum absolute atomic E-state index is 12.8. The lowest BCUT2D eigenvalue weighted by Crippen LogP contribution is -2.35. The first-order valence-electron chi connectivity index (χ1n) is 10.3. The maximum Gasteiger partial charge on any atom is 0.338 e. The predicted octanol–water partition coefficient (Wildman–Crippen LogP) is 1.53. The number of rotatable bonds is 11. The number of esters is 3. The highest BCUT2D eigenvalue weighted by molar-refractivity contribution is 7.96. The van der Waals surface area contributed by atoms with Gasteiger partial charge in [-0.3, -0.25) is 14.4 Å². The van der Waals surface area contributed by atoms with Gasteiger partial charge in [-0.15, -0.1) is 12.6 Å². The first-order valence-corrected chi connectivity index (χ1v) is 10.7. The highest BCUT2D eigenvalue weighted by Gasteiger charge is 2.41. The second-order valence-electron chi connectivity index (χ2n) is 7.36. The summed E-state index contributed by atoms with van der Waals surface area (Å²) in [6.45, 7) is 7.05. The molecular weight excluding hydrogens is 464 g/mol. The molecule has 0 aromatic heterocycles. The molecule has 0 aliphatic carbocycles. The molecule has 1 amide bonds. The Labute approximate surface area is 202 Å². The number of methoxy groups -OCH3 is 1. The van der Waals surface area contributed by atoms with Crippen molar-refractivity contribution >= 4 is 47.2 Å². The summed E-state index contributed by atoms with van der Waals surface area (Å²) >= 11 is 3.80. The number of anilines is 1. The number of amides is 1. The van der Waals surface area contributed by atoms with E-state index in [0.29, 0.717) is 0 Å². The Morgan fingerprint density at radius 3 is 2.29 bits per heavy atom. The summed E-state index contributed by atoms with van der Waals surface area (Å²) in [5.41, 5.74) is 0.229. The van der Waals surface area contributed by atoms with Gasteiger partial charge in [0.2, 0.25) is 5.91 Å². The van der Waals surface area contributed by atoms with Crippen LogP contribution < -0.4 is 10.6 Å². The molecule has 182 valence electrons. The molecular formula is C23H26N2O8S. The van der Waals surface area contributed by atoms with Crippen LogP contribution in [0, 0.1) is 11.8 Å². The summed E-state index contributed by atoms with van der Waals surface area (Å²) in [4.78, 5) is 61.3. The van der Waals surface area contributed by atoms with Crippen molar-refractivity contribution in [3.8, 4) is 0 Å². The topological polar surface area (TPSA) is 137 Å². The number of nitrogens with one attached hydrogen (secondary N) is 2. The SMILES string of the molecule is C=CCOC(=O)c1cc(NC(=O)C2C[C@@H]([C@H](C(=O)S)C(=O)OCC=C)CN2)cc(C(=O)OC)c1. The number of ether oxygens (including phenoxy) is 3. The van der Waals surface area contributed by atoms with Crippen molar-refractivity contribution in [1.29, 1.82) is 0 Å². The molecule has 0 bridgehead atoms. The standard InChI is InChI=1S/C23H26N2O8S/c1-4-6-32-21(28)14-8-13(20(27)31-3)9-16(10-14)25-19(26)17-11-15(12-24-17)18(23(30)34)22(29)33-7-5-2/h4-5,8-10,15,17-18,24H,1-2,6-7,11-12H2,3H3,(H,25,26)(H,30,34)/t15-,17?,18+/m1/s1. The molecule has 11 heteroatoms. The largest absolute Gasteiger partial charge is 0.465 e. The molecule has 34 heavy (non-hydrogen) atoms. The molecule has 1 aromatic rings. The van der Waals surface area contributed by atoms with Gasteiger partial charge in [-0.2, -0.15) is 0 Å².